The predicted molar refractivity (Wildman–Crippen MR) is 147 cm³/mol. The van der Waals surface area contributed by atoms with Crippen LogP contribution < -0.4 is 14.8 Å². The third-order valence-corrected chi connectivity index (χ3v) is 8.18. The van der Waals surface area contributed by atoms with Crippen LogP contribution in [0.1, 0.15) is 69.8 Å². The molecular formula is C31H42N2O5. The summed E-state index contributed by atoms with van der Waals surface area (Å²) in [5.74, 6) is 0.749. The van der Waals surface area contributed by atoms with E-state index < -0.39 is 11.7 Å². The second-order valence-corrected chi connectivity index (χ2v) is 11.4. The van der Waals surface area contributed by atoms with Crippen molar-refractivity contribution in [2.45, 2.75) is 69.8 Å². The van der Waals surface area contributed by atoms with Crippen LogP contribution in [0.4, 0.5) is 4.79 Å². The molecule has 2 N–H and O–H groups in total. The molecule has 2 atom stereocenters. The number of aliphatic hydroxyl groups is 1. The minimum absolute atomic E-state index is 0.129. The van der Waals surface area contributed by atoms with E-state index in [2.05, 4.69) is 10.2 Å². The van der Waals surface area contributed by atoms with Gasteiger partial charge in [0.1, 0.15) is 11.5 Å². The van der Waals surface area contributed by atoms with E-state index in [9.17, 15) is 14.7 Å². The lowest BCUT2D eigenvalue weighted by molar-refractivity contribution is -0.137. The minimum Gasteiger partial charge on any atom is -0.427 e. The number of nitrogens with zero attached hydrogens (tertiary/aromatic N) is 1. The van der Waals surface area contributed by atoms with E-state index >= 15 is 0 Å². The van der Waals surface area contributed by atoms with Gasteiger partial charge in [-0.15, -0.1) is 0 Å². The molecule has 0 spiro atoms. The van der Waals surface area contributed by atoms with E-state index in [1.807, 2.05) is 50.5 Å². The summed E-state index contributed by atoms with van der Waals surface area (Å²) in [6, 6.07) is 16.3. The van der Waals surface area contributed by atoms with Crippen LogP contribution in [0, 0.1) is 11.3 Å². The number of para-hydroxylation sites is 1. The smallest absolute Gasteiger partial charge is 0.412 e. The van der Waals surface area contributed by atoms with Gasteiger partial charge in [0.05, 0.1) is 12.0 Å². The Balaban J connectivity index is 1.40. The Hall–Kier alpha value is -2.90. The number of amides is 1. The van der Waals surface area contributed by atoms with Crippen LogP contribution in [0.3, 0.4) is 0 Å². The molecule has 2 aromatic carbocycles. The highest BCUT2D eigenvalue weighted by molar-refractivity contribution is 5.74. The van der Waals surface area contributed by atoms with Crippen LogP contribution in [-0.2, 0) is 10.4 Å². The van der Waals surface area contributed by atoms with Crippen LogP contribution in [0.2, 0.25) is 0 Å². The van der Waals surface area contributed by atoms with Crippen molar-refractivity contribution in [2.75, 3.05) is 27.2 Å². The zero-order chi connectivity index (χ0) is 27.0. The fourth-order valence-electron chi connectivity index (χ4n) is 6.20. The Morgan fingerprint density at radius 1 is 0.921 bits per heavy atom. The molecule has 0 radical (unpaired) electrons. The number of nitrogens with one attached hydrogen (secondary N) is 1. The maximum Gasteiger partial charge on any atom is 0.412 e. The summed E-state index contributed by atoms with van der Waals surface area (Å²) in [5, 5.41) is 14.6. The molecule has 1 amide bonds. The summed E-state index contributed by atoms with van der Waals surface area (Å²) >= 11 is 0. The molecule has 7 nitrogen and oxygen atoms in total. The van der Waals surface area contributed by atoms with Crippen molar-refractivity contribution in [3.8, 4) is 11.5 Å². The Labute approximate surface area is 226 Å². The van der Waals surface area contributed by atoms with Gasteiger partial charge in [0, 0.05) is 19.0 Å². The molecule has 7 heteroatoms. The van der Waals surface area contributed by atoms with Gasteiger partial charge in [-0.25, -0.2) is 4.79 Å². The quantitative estimate of drug-likeness (QED) is 0.326. The number of carbonyl (C=O) groups is 2. The lowest BCUT2D eigenvalue weighted by Crippen LogP contribution is -2.43. The van der Waals surface area contributed by atoms with Crippen LogP contribution >= 0.6 is 0 Å². The molecule has 0 aliphatic heterocycles. The summed E-state index contributed by atoms with van der Waals surface area (Å²) in [6.45, 7) is 1.17. The molecular weight excluding hydrogens is 480 g/mol. The molecule has 206 valence electrons. The van der Waals surface area contributed by atoms with Crippen molar-refractivity contribution in [1.82, 2.24) is 10.2 Å². The molecule has 38 heavy (non-hydrogen) atoms. The van der Waals surface area contributed by atoms with Gasteiger partial charge in [0.25, 0.3) is 0 Å². The van der Waals surface area contributed by atoms with E-state index in [0.29, 0.717) is 24.5 Å². The first-order chi connectivity index (χ1) is 18.3. The third-order valence-electron chi connectivity index (χ3n) is 8.18. The molecule has 2 saturated carbocycles. The van der Waals surface area contributed by atoms with Crippen LogP contribution in [0.25, 0.3) is 0 Å². The maximum absolute atomic E-state index is 13.2. The SMILES string of the molecule is CN(C)CC1CCCCC1(O)c1cccc(OC(=O)CC2(CNC(=O)Oc3ccccc3)CCCCC2)c1. The van der Waals surface area contributed by atoms with Crippen LogP contribution in [0.15, 0.2) is 54.6 Å². The van der Waals surface area contributed by atoms with Gasteiger partial charge in [-0.05, 0) is 75.0 Å². The number of hydrogen-bond acceptors (Lipinski definition) is 6. The maximum atomic E-state index is 13.2. The van der Waals surface area contributed by atoms with Gasteiger partial charge in [0.2, 0.25) is 0 Å². The number of ether oxygens (including phenoxy) is 2. The summed E-state index contributed by atoms with van der Waals surface area (Å²) in [6.07, 6.45) is 8.32. The van der Waals surface area contributed by atoms with Gasteiger partial charge >= 0.3 is 12.1 Å². The normalized spacial score (nSPS) is 23.0. The highest BCUT2D eigenvalue weighted by Crippen LogP contribution is 2.43. The van der Waals surface area contributed by atoms with E-state index in [-0.39, 0.29) is 23.7 Å². The first-order valence-corrected chi connectivity index (χ1v) is 14.0. The predicted octanol–water partition coefficient (Wildman–Crippen LogP) is 5.66. The zero-order valence-corrected chi connectivity index (χ0v) is 22.8. The van der Waals surface area contributed by atoms with Crippen LogP contribution in [-0.4, -0.2) is 49.3 Å². The number of hydrogen-bond donors (Lipinski definition) is 2. The summed E-state index contributed by atoms with van der Waals surface area (Å²) < 4.78 is 11.2. The van der Waals surface area contributed by atoms with Crippen molar-refractivity contribution >= 4 is 12.1 Å². The Morgan fingerprint density at radius 3 is 2.37 bits per heavy atom. The Bertz CT molecular complexity index is 1070. The number of esters is 1. The number of benzene rings is 2. The van der Waals surface area contributed by atoms with E-state index in [1.54, 1.807) is 18.2 Å². The molecule has 2 aliphatic carbocycles. The molecule has 0 saturated heterocycles. The average Bonchev–Trinajstić information content (AvgIpc) is 2.90. The van der Waals surface area contributed by atoms with E-state index in [0.717, 1.165) is 63.5 Å². The van der Waals surface area contributed by atoms with Crippen molar-refractivity contribution in [1.29, 1.82) is 0 Å². The first-order valence-electron chi connectivity index (χ1n) is 14.0. The second kappa shape index (κ2) is 12.8. The van der Waals surface area contributed by atoms with E-state index in [4.69, 9.17) is 9.47 Å². The summed E-state index contributed by atoms with van der Waals surface area (Å²) in [5.41, 5.74) is -0.480. The molecule has 4 rings (SSSR count). The van der Waals surface area contributed by atoms with Gasteiger partial charge in [-0.1, -0.05) is 62.4 Å². The number of rotatable bonds is 9. The van der Waals surface area contributed by atoms with Crippen LogP contribution in [0.5, 0.6) is 11.5 Å². The fraction of sp³-hybridized carbons (Fsp3) is 0.548. The largest absolute Gasteiger partial charge is 0.427 e. The monoisotopic (exact) mass is 522 g/mol. The molecule has 0 bridgehead atoms. The molecule has 2 aromatic rings. The topological polar surface area (TPSA) is 88.1 Å². The standard InChI is InChI=1S/C31H42N2O5/c1-33(2)22-25-12-7-10-19-31(25,36)24-13-11-16-27(20-24)37-28(34)21-30(17-8-4-9-18-30)23-32-29(35)38-26-14-5-3-6-15-26/h3,5-6,11,13-16,20,25,36H,4,7-10,12,17-19,21-23H2,1-2H3,(H,32,35). The number of carbonyl (C=O) groups excluding carboxylic acids is 2. The molecule has 2 unspecified atom stereocenters. The van der Waals surface area contributed by atoms with Gasteiger partial charge in [-0.2, -0.15) is 0 Å². The van der Waals surface area contributed by atoms with Crippen molar-refractivity contribution in [3.05, 3.63) is 60.2 Å². The van der Waals surface area contributed by atoms with Crippen molar-refractivity contribution in [3.63, 3.8) is 0 Å². The van der Waals surface area contributed by atoms with E-state index in [1.165, 1.54) is 0 Å². The summed E-state index contributed by atoms with van der Waals surface area (Å²) in [4.78, 5) is 27.7. The van der Waals surface area contributed by atoms with Gasteiger partial charge in [0.15, 0.2) is 0 Å². The second-order valence-electron chi connectivity index (χ2n) is 11.4. The highest BCUT2D eigenvalue weighted by atomic mass is 16.6. The molecule has 0 heterocycles. The lowest BCUT2D eigenvalue weighted by atomic mass is 9.71. The minimum atomic E-state index is -0.932. The zero-order valence-electron chi connectivity index (χ0n) is 22.8. The van der Waals surface area contributed by atoms with Gasteiger partial charge in [-0.3, -0.25) is 4.79 Å². The van der Waals surface area contributed by atoms with Crippen molar-refractivity contribution < 1.29 is 24.2 Å². The Morgan fingerprint density at radius 2 is 1.63 bits per heavy atom. The lowest BCUT2D eigenvalue weighted by Gasteiger charge is -2.41. The fourth-order valence-corrected chi connectivity index (χ4v) is 6.20. The molecule has 2 fully saturated rings. The van der Waals surface area contributed by atoms with Crippen molar-refractivity contribution in [2.24, 2.45) is 11.3 Å². The highest BCUT2D eigenvalue weighted by Gasteiger charge is 2.41. The molecule has 0 aromatic heterocycles. The third kappa shape index (κ3) is 7.35. The van der Waals surface area contributed by atoms with Gasteiger partial charge < -0.3 is 24.8 Å². The first kappa shape index (κ1) is 28.1. The Kier molecular flexibility index (Phi) is 9.44. The summed E-state index contributed by atoms with van der Waals surface area (Å²) in [7, 11) is 4.06. The molecule has 2 aliphatic rings. The average molecular weight is 523 g/mol.